The summed E-state index contributed by atoms with van der Waals surface area (Å²) >= 11 is 6.23. The van der Waals surface area contributed by atoms with Gasteiger partial charge in [-0.25, -0.2) is 0 Å². The Bertz CT molecular complexity index is 367. The highest BCUT2D eigenvalue weighted by molar-refractivity contribution is 6.31. The van der Waals surface area contributed by atoms with Crippen LogP contribution in [0.1, 0.15) is 33.3 Å². The second-order valence-electron chi connectivity index (χ2n) is 4.67. The van der Waals surface area contributed by atoms with E-state index < -0.39 is 0 Å². The van der Waals surface area contributed by atoms with Gasteiger partial charge in [0.2, 0.25) is 0 Å². The molecule has 0 aliphatic carbocycles. The monoisotopic (exact) mass is 242 g/mol. The van der Waals surface area contributed by atoms with E-state index in [1.165, 1.54) is 0 Å². The van der Waals surface area contributed by atoms with Crippen LogP contribution in [-0.2, 0) is 5.41 Å². The normalized spacial score (nSPS) is 11.4. The zero-order valence-electron chi connectivity index (χ0n) is 10.6. The molecule has 90 valence electrons. The number of methoxy groups -OCH3 is 1. The average Bonchev–Trinajstić information content (AvgIpc) is 2.18. The van der Waals surface area contributed by atoms with Gasteiger partial charge in [-0.15, -0.1) is 0 Å². The molecule has 1 aromatic rings. The lowest BCUT2D eigenvalue weighted by Crippen LogP contribution is -2.12. The molecule has 0 bridgehead atoms. The maximum Gasteiger partial charge on any atom is 0.162 e. The molecule has 0 spiro atoms. The first-order valence-electron chi connectivity index (χ1n) is 5.41. The second-order valence-corrected chi connectivity index (χ2v) is 5.07. The van der Waals surface area contributed by atoms with Crippen LogP contribution in [0, 0.1) is 0 Å². The molecule has 1 aromatic carbocycles. The van der Waals surface area contributed by atoms with E-state index in [1.54, 1.807) is 7.11 Å². The van der Waals surface area contributed by atoms with Crippen molar-refractivity contribution in [2.24, 2.45) is 0 Å². The highest BCUT2D eigenvalue weighted by atomic mass is 35.5. The van der Waals surface area contributed by atoms with Crippen molar-refractivity contribution in [2.75, 3.05) is 13.7 Å². The van der Waals surface area contributed by atoms with Crippen molar-refractivity contribution in [1.82, 2.24) is 0 Å². The number of ether oxygens (including phenoxy) is 2. The first-order chi connectivity index (χ1) is 7.40. The summed E-state index contributed by atoms with van der Waals surface area (Å²) in [6, 6.07) is 3.78. The van der Waals surface area contributed by atoms with Crippen LogP contribution < -0.4 is 9.47 Å². The zero-order valence-corrected chi connectivity index (χ0v) is 11.3. The maximum absolute atomic E-state index is 6.23. The first kappa shape index (κ1) is 13.2. The fourth-order valence-electron chi connectivity index (χ4n) is 1.54. The summed E-state index contributed by atoms with van der Waals surface area (Å²) in [6.45, 7) is 8.93. The summed E-state index contributed by atoms with van der Waals surface area (Å²) < 4.78 is 10.8. The van der Waals surface area contributed by atoms with E-state index in [2.05, 4.69) is 20.8 Å². The quantitative estimate of drug-likeness (QED) is 0.796. The average molecular weight is 243 g/mol. The van der Waals surface area contributed by atoms with E-state index in [1.807, 2.05) is 19.1 Å². The summed E-state index contributed by atoms with van der Waals surface area (Å²) in [5, 5.41) is 0.716. The van der Waals surface area contributed by atoms with Crippen LogP contribution in [0.5, 0.6) is 11.5 Å². The van der Waals surface area contributed by atoms with Crippen LogP contribution in [0.25, 0.3) is 0 Å². The van der Waals surface area contributed by atoms with Crippen LogP contribution in [0.2, 0.25) is 5.02 Å². The van der Waals surface area contributed by atoms with Crippen LogP contribution in [-0.4, -0.2) is 13.7 Å². The smallest absolute Gasteiger partial charge is 0.162 e. The molecule has 0 saturated carbocycles. The summed E-state index contributed by atoms with van der Waals surface area (Å²) in [5.41, 5.74) is 1.06. The number of hydrogen-bond donors (Lipinski definition) is 0. The van der Waals surface area contributed by atoms with Gasteiger partial charge < -0.3 is 9.47 Å². The van der Waals surface area contributed by atoms with Gasteiger partial charge in [0, 0.05) is 11.1 Å². The maximum atomic E-state index is 6.23. The molecule has 1 rings (SSSR count). The van der Waals surface area contributed by atoms with Gasteiger partial charge in [0.25, 0.3) is 0 Å². The molecule has 0 saturated heterocycles. The molecule has 0 aliphatic heterocycles. The van der Waals surface area contributed by atoms with E-state index in [9.17, 15) is 0 Å². The van der Waals surface area contributed by atoms with E-state index in [0.717, 1.165) is 11.3 Å². The summed E-state index contributed by atoms with van der Waals surface area (Å²) in [6.07, 6.45) is 0. The van der Waals surface area contributed by atoms with Crippen molar-refractivity contribution < 1.29 is 9.47 Å². The fraction of sp³-hybridized carbons (Fsp3) is 0.538. The number of hydrogen-bond acceptors (Lipinski definition) is 2. The van der Waals surface area contributed by atoms with Crippen LogP contribution in [0.4, 0.5) is 0 Å². The molecule has 0 amide bonds. The van der Waals surface area contributed by atoms with E-state index >= 15 is 0 Å². The van der Waals surface area contributed by atoms with Gasteiger partial charge in [-0.1, -0.05) is 32.4 Å². The minimum Gasteiger partial charge on any atom is -0.493 e. The summed E-state index contributed by atoms with van der Waals surface area (Å²) in [4.78, 5) is 0. The van der Waals surface area contributed by atoms with Crippen molar-refractivity contribution in [3.8, 4) is 11.5 Å². The van der Waals surface area contributed by atoms with E-state index in [4.69, 9.17) is 21.1 Å². The molecular weight excluding hydrogens is 224 g/mol. The molecule has 0 aromatic heterocycles. The van der Waals surface area contributed by atoms with E-state index in [-0.39, 0.29) is 5.41 Å². The largest absolute Gasteiger partial charge is 0.493 e. The molecule has 0 fully saturated rings. The van der Waals surface area contributed by atoms with Gasteiger partial charge in [0.1, 0.15) is 0 Å². The molecule has 0 heterocycles. The molecule has 0 aliphatic rings. The Balaban J connectivity index is 3.27. The van der Waals surface area contributed by atoms with E-state index in [0.29, 0.717) is 17.4 Å². The molecule has 16 heavy (non-hydrogen) atoms. The highest BCUT2D eigenvalue weighted by Gasteiger charge is 2.20. The van der Waals surface area contributed by atoms with Gasteiger partial charge in [-0.3, -0.25) is 0 Å². The van der Waals surface area contributed by atoms with Crippen LogP contribution >= 0.6 is 11.6 Å². The molecular formula is C13H19ClO2. The third-order valence-corrected chi connectivity index (χ3v) is 2.67. The zero-order chi connectivity index (χ0) is 12.3. The second kappa shape index (κ2) is 4.96. The van der Waals surface area contributed by atoms with Crippen molar-refractivity contribution in [1.29, 1.82) is 0 Å². The topological polar surface area (TPSA) is 18.5 Å². The van der Waals surface area contributed by atoms with Crippen molar-refractivity contribution in [3.63, 3.8) is 0 Å². The lowest BCUT2D eigenvalue weighted by molar-refractivity contribution is 0.310. The van der Waals surface area contributed by atoms with Crippen LogP contribution in [0.3, 0.4) is 0 Å². The number of benzene rings is 1. The summed E-state index contributed by atoms with van der Waals surface area (Å²) in [5.74, 6) is 1.43. The fourth-order valence-corrected chi connectivity index (χ4v) is 1.97. The van der Waals surface area contributed by atoms with Gasteiger partial charge in [-0.2, -0.15) is 0 Å². The lowest BCUT2D eigenvalue weighted by Gasteiger charge is -2.22. The standard InChI is InChI=1S/C13H19ClO2/c1-6-16-12-7-9(13(2,3)4)10(14)8-11(12)15-5/h7-8H,6H2,1-5H3. The first-order valence-corrected chi connectivity index (χ1v) is 5.78. The van der Waals surface area contributed by atoms with Crippen LogP contribution in [0.15, 0.2) is 12.1 Å². The highest BCUT2D eigenvalue weighted by Crippen LogP contribution is 2.38. The minimum absolute atomic E-state index is 0.00476. The van der Waals surface area contributed by atoms with Gasteiger partial charge in [0.15, 0.2) is 11.5 Å². The number of halogens is 1. The van der Waals surface area contributed by atoms with Gasteiger partial charge in [0.05, 0.1) is 13.7 Å². The Hall–Kier alpha value is -0.890. The SMILES string of the molecule is CCOc1cc(C(C)(C)C)c(Cl)cc1OC. The summed E-state index contributed by atoms with van der Waals surface area (Å²) in [7, 11) is 1.62. The predicted octanol–water partition coefficient (Wildman–Crippen LogP) is 4.04. The lowest BCUT2D eigenvalue weighted by atomic mass is 9.87. The van der Waals surface area contributed by atoms with Gasteiger partial charge >= 0.3 is 0 Å². The number of rotatable bonds is 3. The molecule has 0 atom stereocenters. The molecule has 2 nitrogen and oxygen atoms in total. The Labute approximate surface area is 103 Å². The predicted molar refractivity (Wildman–Crippen MR) is 67.9 cm³/mol. The Kier molecular flexibility index (Phi) is 4.09. The third-order valence-electron chi connectivity index (χ3n) is 2.36. The van der Waals surface area contributed by atoms with Gasteiger partial charge in [-0.05, 0) is 24.0 Å². The Morgan fingerprint density at radius 2 is 1.81 bits per heavy atom. The molecule has 0 radical (unpaired) electrons. The third kappa shape index (κ3) is 2.82. The van der Waals surface area contributed by atoms with Crippen molar-refractivity contribution in [2.45, 2.75) is 33.1 Å². The minimum atomic E-state index is -0.00476. The Morgan fingerprint density at radius 1 is 1.19 bits per heavy atom. The van der Waals surface area contributed by atoms with Crippen molar-refractivity contribution >= 4 is 11.6 Å². The Morgan fingerprint density at radius 3 is 2.25 bits per heavy atom. The van der Waals surface area contributed by atoms with Crippen molar-refractivity contribution in [3.05, 3.63) is 22.7 Å². The molecule has 0 N–H and O–H groups in total. The molecule has 3 heteroatoms. The molecule has 0 unspecified atom stereocenters.